The van der Waals surface area contributed by atoms with Crippen molar-refractivity contribution in [3.63, 3.8) is 0 Å². The number of rotatable bonds is 15. The van der Waals surface area contributed by atoms with Crippen molar-refractivity contribution in [3.05, 3.63) is 131 Å². The number of anilines is 1. The van der Waals surface area contributed by atoms with Crippen LogP contribution < -0.4 is 26.0 Å². The minimum Gasteiger partial charge on any atom is -0.484 e. The number of aliphatic hydroxyl groups is 1. The molecule has 4 aromatic rings. The van der Waals surface area contributed by atoms with E-state index in [4.69, 9.17) is 15.6 Å². The second-order valence-corrected chi connectivity index (χ2v) is 13.1. The Labute approximate surface area is 301 Å². The van der Waals surface area contributed by atoms with E-state index in [1.807, 2.05) is 0 Å². The van der Waals surface area contributed by atoms with Crippen LogP contribution in [0, 0.1) is 11.6 Å². The number of β-lactam (4-membered cyclic amide) rings is 1. The van der Waals surface area contributed by atoms with Gasteiger partial charge in [-0.05, 0) is 65.2 Å². The molecule has 1 aliphatic heterocycles. The Hall–Kier alpha value is -5.64. The number of halogens is 2. The quantitative estimate of drug-likeness (QED) is 0.113. The molecule has 0 bridgehead atoms. The van der Waals surface area contributed by atoms with Crippen molar-refractivity contribution in [1.82, 2.24) is 10.6 Å². The second kappa shape index (κ2) is 16.6. The lowest BCUT2D eigenvalue weighted by molar-refractivity contribution is -0.141. The van der Waals surface area contributed by atoms with Gasteiger partial charge < -0.3 is 26.0 Å². The second-order valence-electron chi connectivity index (χ2n) is 11.8. The van der Waals surface area contributed by atoms with Crippen LogP contribution in [-0.4, -0.2) is 58.2 Å². The van der Waals surface area contributed by atoms with Crippen LogP contribution >= 0.6 is 11.8 Å². The van der Waals surface area contributed by atoms with Crippen LogP contribution in [0.15, 0.2) is 103 Å². The largest absolute Gasteiger partial charge is 0.484 e. The van der Waals surface area contributed by atoms with Gasteiger partial charge >= 0.3 is 5.97 Å². The zero-order valence-electron chi connectivity index (χ0n) is 27.4. The maximum Gasteiger partial charge on any atom is 0.321 e. The molecular weight excluding hydrogens is 698 g/mol. The Morgan fingerprint density at radius 2 is 1.48 bits per heavy atom. The van der Waals surface area contributed by atoms with Gasteiger partial charge in [0.2, 0.25) is 11.8 Å². The molecule has 1 saturated heterocycles. The smallest absolute Gasteiger partial charge is 0.321 e. The molecule has 270 valence electrons. The van der Waals surface area contributed by atoms with Gasteiger partial charge in [-0.1, -0.05) is 54.6 Å². The number of carbonyl (C=O) groups excluding carboxylic acids is 4. The van der Waals surface area contributed by atoms with Gasteiger partial charge in [0.1, 0.15) is 34.3 Å². The summed E-state index contributed by atoms with van der Waals surface area (Å²) < 4.78 is 32.9. The summed E-state index contributed by atoms with van der Waals surface area (Å²) in [5, 5.41) is 24.5. The molecule has 12 nitrogen and oxygen atoms in total. The zero-order chi connectivity index (χ0) is 37.4. The fourth-order valence-electron chi connectivity index (χ4n) is 5.50. The summed E-state index contributed by atoms with van der Waals surface area (Å²) in [6.07, 6.45) is -1.58. The molecule has 4 aromatic carbocycles. The first-order valence-electron chi connectivity index (χ1n) is 15.9. The predicted octanol–water partition coefficient (Wildman–Crippen LogP) is 3.70. The van der Waals surface area contributed by atoms with E-state index in [0.29, 0.717) is 22.4 Å². The first-order valence-corrected chi connectivity index (χ1v) is 16.9. The highest BCUT2D eigenvalue weighted by atomic mass is 32.2. The fourth-order valence-corrected chi connectivity index (χ4v) is 6.99. The number of amides is 4. The van der Waals surface area contributed by atoms with Crippen molar-refractivity contribution < 1.29 is 47.7 Å². The Morgan fingerprint density at radius 3 is 2.08 bits per heavy atom. The summed E-state index contributed by atoms with van der Waals surface area (Å²) >= 11 is 1.29. The number of aliphatic carboxylic acids is 1. The number of imide groups is 1. The lowest BCUT2D eigenvalue weighted by atomic mass is 9.91. The van der Waals surface area contributed by atoms with Gasteiger partial charge in [-0.2, -0.15) is 0 Å². The number of carboxylic acid groups (broad SMARTS) is 1. The minimum absolute atomic E-state index is 0.0570. The van der Waals surface area contributed by atoms with Gasteiger partial charge in [0, 0.05) is 11.4 Å². The van der Waals surface area contributed by atoms with E-state index < -0.39 is 71.4 Å². The van der Waals surface area contributed by atoms with E-state index >= 15 is 0 Å². The van der Waals surface area contributed by atoms with E-state index in [0.717, 1.165) is 0 Å². The molecule has 1 heterocycles. The zero-order valence-corrected chi connectivity index (χ0v) is 28.2. The van der Waals surface area contributed by atoms with E-state index in [-0.39, 0.29) is 23.8 Å². The molecule has 2 unspecified atom stereocenters. The van der Waals surface area contributed by atoms with E-state index in [1.165, 1.54) is 65.2 Å². The summed E-state index contributed by atoms with van der Waals surface area (Å²) in [5.41, 5.74) is 7.32. The average molecular weight is 733 g/mol. The first kappa shape index (κ1) is 37.6. The standard InChI is InChI=1S/C37H34F2N4O8S/c38-25-10-6-22(7-11-25)30(44)21-52-37(19-33(47)43(37)27-14-12-26(39)13-15-27)24-8-16-28(17-9-24)51-20-32(46)41-34(23-4-2-1-3-5-23)35(48)42-31(45)18-29(40)36(49)50/h1-17,29-30,34,44H,18-21,40H2,(H,41,46)(H,49,50)(H,42,45,48)/t29?,30?,34-,37-/m1/s1. The maximum absolute atomic E-state index is 13.8. The van der Waals surface area contributed by atoms with Crippen molar-refractivity contribution in [2.24, 2.45) is 5.73 Å². The first-order chi connectivity index (χ1) is 24.9. The molecule has 5 rings (SSSR count). The summed E-state index contributed by atoms with van der Waals surface area (Å²) in [4.78, 5) is 62.7. The topological polar surface area (TPSA) is 188 Å². The normalized spacial score (nSPS) is 16.9. The van der Waals surface area contributed by atoms with Crippen molar-refractivity contribution in [3.8, 4) is 5.75 Å². The molecule has 1 fully saturated rings. The molecule has 0 saturated carbocycles. The number of nitrogens with two attached hydrogens (primary N) is 1. The molecule has 4 atom stereocenters. The molecular formula is C37H34F2N4O8S. The molecule has 0 spiro atoms. The lowest BCUT2D eigenvalue weighted by Crippen LogP contribution is -2.60. The van der Waals surface area contributed by atoms with Gasteiger partial charge in [-0.25, -0.2) is 8.78 Å². The van der Waals surface area contributed by atoms with Crippen LogP contribution in [0.1, 0.15) is 41.7 Å². The van der Waals surface area contributed by atoms with Crippen molar-refractivity contribution in [2.45, 2.75) is 35.9 Å². The summed E-state index contributed by atoms with van der Waals surface area (Å²) in [6, 6.07) is 22.7. The third kappa shape index (κ3) is 8.98. The lowest BCUT2D eigenvalue weighted by Gasteiger charge is -2.52. The van der Waals surface area contributed by atoms with Crippen LogP contribution in [0.5, 0.6) is 5.75 Å². The SMILES string of the molecule is NC(CC(=O)NC(=O)[C@H](NC(=O)COc1ccc([C@]2(SCC(O)c3ccc(F)cc3)CC(=O)N2c2ccc(F)cc2)cc1)c1ccccc1)C(=O)O. The Kier molecular flexibility index (Phi) is 12.0. The van der Waals surface area contributed by atoms with Crippen molar-refractivity contribution in [1.29, 1.82) is 0 Å². The predicted molar refractivity (Wildman–Crippen MR) is 187 cm³/mol. The average Bonchev–Trinajstić information content (AvgIpc) is 3.12. The van der Waals surface area contributed by atoms with E-state index in [9.17, 15) is 37.9 Å². The molecule has 0 aromatic heterocycles. The fraction of sp³-hybridized carbons (Fsp3) is 0.216. The van der Waals surface area contributed by atoms with Gasteiger partial charge in [-0.3, -0.25) is 34.2 Å². The highest BCUT2D eigenvalue weighted by Gasteiger charge is 2.53. The number of hydrogen-bond acceptors (Lipinski definition) is 9. The molecule has 0 aliphatic carbocycles. The maximum atomic E-state index is 13.8. The van der Waals surface area contributed by atoms with Crippen molar-refractivity contribution in [2.75, 3.05) is 17.3 Å². The third-order valence-corrected chi connectivity index (χ3v) is 9.70. The molecule has 52 heavy (non-hydrogen) atoms. The monoisotopic (exact) mass is 732 g/mol. The van der Waals surface area contributed by atoms with Gasteiger partial charge in [0.15, 0.2) is 6.61 Å². The number of ether oxygens (including phenoxy) is 1. The Bertz CT molecular complexity index is 1920. The molecule has 15 heteroatoms. The number of nitrogens with one attached hydrogen (secondary N) is 2. The molecule has 0 radical (unpaired) electrons. The van der Waals surface area contributed by atoms with Crippen LogP contribution in [0.4, 0.5) is 14.5 Å². The highest BCUT2D eigenvalue weighted by Crippen LogP contribution is 2.53. The van der Waals surface area contributed by atoms with Crippen LogP contribution in [0.2, 0.25) is 0 Å². The van der Waals surface area contributed by atoms with Crippen molar-refractivity contribution >= 4 is 47.0 Å². The number of hydrogen-bond donors (Lipinski definition) is 5. The number of carboxylic acids is 1. The van der Waals surface area contributed by atoms with Crippen LogP contribution in [-0.2, 0) is 28.8 Å². The molecule has 4 amide bonds. The van der Waals surface area contributed by atoms with Crippen LogP contribution in [0.25, 0.3) is 0 Å². The number of nitrogens with zero attached hydrogens (tertiary/aromatic N) is 1. The molecule has 1 aliphatic rings. The summed E-state index contributed by atoms with van der Waals surface area (Å²) in [7, 11) is 0. The summed E-state index contributed by atoms with van der Waals surface area (Å²) in [5.74, 6) is -4.71. The van der Waals surface area contributed by atoms with Gasteiger partial charge in [0.25, 0.3) is 11.8 Å². The van der Waals surface area contributed by atoms with Gasteiger partial charge in [0.05, 0.1) is 18.9 Å². The number of benzene rings is 4. The minimum atomic E-state index is -1.52. The highest BCUT2D eigenvalue weighted by molar-refractivity contribution is 8.00. The van der Waals surface area contributed by atoms with Crippen LogP contribution in [0.3, 0.4) is 0 Å². The molecule has 6 N–H and O–H groups in total. The summed E-state index contributed by atoms with van der Waals surface area (Å²) in [6.45, 7) is -0.530. The Morgan fingerprint density at radius 1 is 0.865 bits per heavy atom. The number of thioether (sulfide) groups is 1. The number of aliphatic hydroxyl groups excluding tert-OH is 1. The number of carbonyl (C=O) groups is 5. The Balaban J connectivity index is 1.29. The van der Waals surface area contributed by atoms with E-state index in [1.54, 1.807) is 54.6 Å². The van der Waals surface area contributed by atoms with E-state index in [2.05, 4.69) is 10.6 Å². The third-order valence-electron chi connectivity index (χ3n) is 8.18. The van der Waals surface area contributed by atoms with Gasteiger partial charge in [-0.15, -0.1) is 11.8 Å².